The van der Waals surface area contributed by atoms with Gasteiger partial charge in [0.15, 0.2) is 0 Å². The summed E-state index contributed by atoms with van der Waals surface area (Å²) in [6.07, 6.45) is 0.995. The molecule has 0 spiro atoms. The predicted octanol–water partition coefficient (Wildman–Crippen LogP) is 4.58. The number of halogens is 2. The first kappa shape index (κ1) is 15.1. The Balaban J connectivity index is 2.06. The summed E-state index contributed by atoms with van der Waals surface area (Å²) in [5.41, 5.74) is 3.67. The first-order valence-corrected chi connectivity index (χ1v) is 8.59. The van der Waals surface area contributed by atoms with Crippen LogP contribution in [0.3, 0.4) is 0 Å². The molecule has 1 N–H and O–H groups in total. The Hall–Kier alpha value is -0.780. The largest absolute Gasteiger partial charge is 0.493 e. The lowest BCUT2D eigenvalue weighted by Crippen LogP contribution is -2.22. The third-order valence-electron chi connectivity index (χ3n) is 3.74. The van der Waals surface area contributed by atoms with Gasteiger partial charge in [-0.3, -0.25) is 0 Å². The molecule has 0 saturated heterocycles. The molecule has 2 nitrogen and oxygen atoms in total. The molecule has 21 heavy (non-hydrogen) atoms. The van der Waals surface area contributed by atoms with Crippen molar-refractivity contribution in [2.45, 2.75) is 19.4 Å². The number of nitrogens with one attached hydrogen (secondary N) is 1. The number of hydrogen-bond acceptors (Lipinski definition) is 2. The lowest BCUT2D eigenvalue weighted by Gasteiger charge is -2.21. The van der Waals surface area contributed by atoms with Crippen molar-refractivity contribution in [2.75, 3.05) is 13.2 Å². The summed E-state index contributed by atoms with van der Waals surface area (Å²) >= 11 is 8.55. The van der Waals surface area contributed by atoms with Gasteiger partial charge in [0.25, 0.3) is 0 Å². The fourth-order valence-corrected chi connectivity index (χ4v) is 3.30. The van der Waals surface area contributed by atoms with E-state index in [0.29, 0.717) is 0 Å². The Kier molecular flexibility index (Phi) is 4.72. The highest BCUT2D eigenvalue weighted by Crippen LogP contribution is 2.37. The summed E-state index contributed by atoms with van der Waals surface area (Å²) in [6, 6.07) is 12.8. The van der Waals surface area contributed by atoms with Gasteiger partial charge in [-0.25, -0.2) is 0 Å². The van der Waals surface area contributed by atoms with Crippen LogP contribution in [0.2, 0.25) is 5.02 Å². The molecule has 0 fully saturated rings. The second kappa shape index (κ2) is 6.55. The molecule has 0 radical (unpaired) electrons. The second-order valence-corrected chi connectivity index (χ2v) is 6.67. The molecule has 110 valence electrons. The third-order valence-corrected chi connectivity index (χ3v) is 5.31. The molecular formula is C17H17ClINO. The Labute approximate surface area is 144 Å². The second-order valence-electron chi connectivity index (χ2n) is 5.10. The third kappa shape index (κ3) is 3.05. The van der Waals surface area contributed by atoms with Gasteiger partial charge in [0.1, 0.15) is 5.75 Å². The SMILES string of the molecule is CCNC(c1ccc(I)c(Cl)c1)c1cccc2c1OCC2. The van der Waals surface area contributed by atoms with Gasteiger partial charge in [-0.05, 0) is 52.4 Å². The molecule has 0 aliphatic carbocycles. The molecule has 3 rings (SSSR count). The molecule has 1 aliphatic rings. The number of hydrogen-bond donors (Lipinski definition) is 1. The Bertz CT molecular complexity index is 659. The van der Waals surface area contributed by atoms with E-state index in [4.69, 9.17) is 16.3 Å². The average molecular weight is 414 g/mol. The number of para-hydroxylation sites is 1. The van der Waals surface area contributed by atoms with Crippen LogP contribution < -0.4 is 10.1 Å². The lowest BCUT2D eigenvalue weighted by molar-refractivity contribution is 0.350. The first-order valence-electron chi connectivity index (χ1n) is 7.13. The van der Waals surface area contributed by atoms with Crippen LogP contribution in [0.5, 0.6) is 5.75 Å². The zero-order valence-electron chi connectivity index (χ0n) is 11.8. The van der Waals surface area contributed by atoms with Gasteiger partial charge in [0.2, 0.25) is 0 Å². The summed E-state index contributed by atoms with van der Waals surface area (Å²) < 4.78 is 6.93. The monoisotopic (exact) mass is 413 g/mol. The minimum Gasteiger partial charge on any atom is -0.493 e. The number of benzene rings is 2. The van der Waals surface area contributed by atoms with E-state index in [9.17, 15) is 0 Å². The van der Waals surface area contributed by atoms with E-state index in [1.807, 2.05) is 6.07 Å². The van der Waals surface area contributed by atoms with Crippen molar-refractivity contribution in [3.63, 3.8) is 0 Å². The zero-order chi connectivity index (χ0) is 14.8. The average Bonchev–Trinajstić information content (AvgIpc) is 2.96. The van der Waals surface area contributed by atoms with Crippen molar-refractivity contribution in [1.82, 2.24) is 5.32 Å². The molecule has 1 heterocycles. The fourth-order valence-electron chi connectivity index (χ4n) is 2.77. The van der Waals surface area contributed by atoms with Gasteiger partial charge in [-0.2, -0.15) is 0 Å². The summed E-state index contributed by atoms with van der Waals surface area (Å²) in [4.78, 5) is 0. The highest BCUT2D eigenvalue weighted by atomic mass is 127. The van der Waals surface area contributed by atoms with Crippen LogP contribution in [0.15, 0.2) is 36.4 Å². The van der Waals surface area contributed by atoms with E-state index >= 15 is 0 Å². The van der Waals surface area contributed by atoms with E-state index in [-0.39, 0.29) is 6.04 Å². The molecule has 2 aromatic rings. The molecule has 0 saturated carbocycles. The molecule has 2 aromatic carbocycles. The quantitative estimate of drug-likeness (QED) is 0.741. The maximum Gasteiger partial charge on any atom is 0.127 e. The molecule has 1 atom stereocenters. The molecule has 0 aromatic heterocycles. The van der Waals surface area contributed by atoms with E-state index in [0.717, 1.165) is 33.9 Å². The summed E-state index contributed by atoms with van der Waals surface area (Å²) in [5.74, 6) is 1.04. The molecule has 1 aliphatic heterocycles. The van der Waals surface area contributed by atoms with Crippen molar-refractivity contribution < 1.29 is 4.74 Å². The molecule has 0 amide bonds. The van der Waals surface area contributed by atoms with Gasteiger partial charge >= 0.3 is 0 Å². The maximum absolute atomic E-state index is 6.30. The minimum atomic E-state index is 0.109. The van der Waals surface area contributed by atoms with Gasteiger partial charge in [0.05, 0.1) is 17.7 Å². The Morgan fingerprint density at radius 2 is 2.19 bits per heavy atom. The van der Waals surface area contributed by atoms with Crippen LogP contribution in [0.4, 0.5) is 0 Å². The first-order chi connectivity index (χ1) is 10.2. The van der Waals surface area contributed by atoms with Crippen LogP contribution in [0.25, 0.3) is 0 Å². The van der Waals surface area contributed by atoms with Gasteiger partial charge < -0.3 is 10.1 Å². The minimum absolute atomic E-state index is 0.109. The lowest BCUT2D eigenvalue weighted by atomic mass is 9.96. The highest BCUT2D eigenvalue weighted by Gasteiger charge is 2.23. The van der Waals surface area contributed by atoms with E-state index in [1.165, 1.54) is 16.7 Å². The van der Waals surface area contributed by atoms with Crippen LogP contribution >= 0.6 is 34.2 Å². The van der Waals surface area contributed by atoms with Crippen LogP contribution in [-0.2, 0) is 6.42 Å². The van der Waals surface area contributed by atoms with E-state index in [1.54, 1.807) is 0 Å². The Morgan fingerprint density at radius 3 is 2.95 bits per heavy atom. The number of rotatable bonds is 4. The van der Waals surface area contributed by atoms with E-state index in [2.05, 4.69) is 65.2 Å². The molecule has 4 heteroatoms. The van der Waals surface area contributed by atoms with E-state index < -0.39 is 0 Å². The van der Waals surface area contributed by atoms with Crippen LogP contribution in [0.1, 0.15) is 29.7 Å². The number of ether oxygens (including phenoxy) is 1. The summed E-state index contributed by atoms with van der Waals surface area (Å²) in [6.45, 7) is 3.78. The zero-order valence-corrected chi connectivity index (χ0v) is 14.7. The van der Waals surface area contributed by atoms with Crippen LogP contribution in [-0.4, -0.2) is 13.2 Å². The maximum atomic E-state index is 6.30. The van der Waals surface area contributed by atoms with Gasteiger partial charge in [-0.1, -0.05) is 42.8 Å². The van der Waals surface area contributed by atoms with Crippen molar-refractivity contribution in [1.29, 1.82) is 0 Å². The predicted molar refractivity (Wildman–Crippen MR) is 95.3 cm³/mol. The van der Waals surface area contributed by atoms with Crippen LogP contribution in [0, 0.1) is 3.57 Å². The molecular weight excluding hydrogens is 397 g/mol. The molecule has 1 unspecified atom stereocenters. The Morgan fingerprint density at radius 1 is 1.33 bits per heavy atom. The fraction of sp³-hybridized carbons (Fsp3) is 0.294. The highest BCUT2D eigenvalue weighted by molar-refractivity contribution is 14.1. The van der Waals surface area contributed by atoms with Crippen molar-refractivity contribution in [3.8, 4) is 5.75 Å². The summed E-state index contributed by atoms with van der Waals surface area (Å²) in [5, 5.41) is 4.35. The van der Waals surface area contributed by atoms with Gasteiger partial charge in [-0.15, -0.1) is 0 Å². The van der Waals surface area contributed by atoms with Crippen molar-refractivity contribution in [2.24, 2.45) is 0 Å². The smallest absolute Gasteiger partial charge is 0.127 e. The normalized spacial score (nSPS) is 14.6. The molecule has 0 bridgehead atoms. The van der Waals surface area contributed by atoms with Gasteiger partial charge in [0, 0.05) is 15.6 Å². The number of fused-ring (bicyclic) bond motifs is 1. The van der Waals surface area contributed by atoms with Crippen molar-refractivity contribution >= 4 is 34.2 Å². The topological polar surface area (TPSA) is 21.3 Å². The summed E-state index contributed by atoms with van der Waals surface area (Å²) in [7, 11) is 0. The standard InChI is InChI=1S/C17H17ClINO/c1-2-20-16(12-6-7-15(19)14(18)10-12)13-5-3-4-11-8-9-21-17(11)13/h3-7,10,16,20H,2,8-9H2,1H3. The van der Waals surface area contributed by atoms with Crippen molar-refractivity contribution in [3.05, 3.63) is 61.7 Å².